The first-order valence-corrected chi connectivity index (χ1v) is 10.5. The summed E-state index contributed by atoms with van der Waals surface area (Å²) in [5.74, 6) is 1.22. The van der Waals surface area contributed by atoms with E-state index in [1.165, 1.54) is 5.56 Å². The fourth-order valence-electron chi connectivity index (χ4n) is 4.03. The van der Waals surface area contributed by atoms with Gasteiger partial charge in [-0.25, -0.2) is 0 Å². The summed E-state index contributed by atoms with van der Waals surface area (Å²) in [6, 6.07) is 13.5. The van der Waals surface area contributed by atoms with E-state index in [0.717, 1.165) is 5.56 Å². The van der Waals surface area contributed by atoms with E-state index >= 15 is 0 Å². The molecule has 0 bridgehead atoms. The molecule has 158 valence electrons. The van der Waals surface area contributed by atoms with Crippen molar-refractivity contribution < 1.29 is 19.1 Å². The van der Waals surface area contributed by atoms with Crippen LogP contribution in [0.5, 0.6) is 11.5 Å². The lowest BCUT2D eigenvalue weighted by Crippen LogP contribution is -2.37. The number of hydrogen-bond acceptors (Lipinski definition) is 4. The molecule has 2 aromatic carbocycles. The van der Waals surface area contributed by atoms with Crippen LogP contribution in [-0.4, -0.2) is 43.1 Å². The number of rotatable bonds is 5. The van der Waals surface area contributed by atoms with Crippen molar-refractivity contribution in [2.75, 3.05) is 26.4 Å². The summed E-state index contributed by atoms with van der Waals surface area (Å²) in [4.78, 5) is 28.0. The Labute approximate surface area is 177 Å². The molecule has 1 N–H and O–H groups in total. The quantitative estimate of drug-likeness (QED) is 0.824. The third kappa shape index (κ3) is 4.13. The van der Waals surface area contributed by atoms with Crippen LogP contribution in [0.3, 0.4) is 0 Å². The van der Waals surface area contributed by atoms with E-state index in [-0.39, 0.29) is 30.4 Å². The van der Waals surface area contributed by atoms with Crippen molar-refractivity contribution in [1.82, 2.24) is 10.2 Å². The molecule has 0 spiro atoms. The summed E-state index contributed by atoms with van der Waals surface area (Å²) in [6.07, 6.45) is 0. The number of hydrogen-bond donors (Lipinski definition) is 1. The maximum atomic E-state index is 13.2. The van der Waals surface area contributed by atoms with E-state index in [2.05, 4.69) is 43.4 Å². The van der Waals surface area contributed by atoms with E-state index in [1.807, 2.05) is 6.92 Å². The van der Waals surface area contributed by atoms with E-state index in [4.69, 9.17) is 9.47 Å². The Hall–Kier alpha value is -3.02. The molecule has 2 amide bonds. The molecule has 2 aliphatic heterocycles. The zero-order valence-electron chi connectivity index (χ0n) is 17.7. The Kier molecular flexibility index (Phi) is 5.66. The Morgan fingerprint density at radius 3 is 2.53 bits per heavy atom. The van der Waals surface area contributed by atoms with Gasteiger partial charge in [-0.3, -0.25) is 9.59 Å². The lowest BCUT2D eigenvalue weighted by molar-refractivity contribution is -0.125. The van der Waals surface area contributed by atoms with Gasteiger partial charge in [-0.15, -0.1) is 0 Å². The van der Waals surface area contributed by atoms with Crippen molar-refractivity contribution in [1.29, 1.82) is 0 Å². The van der Waals surface area contributed by atoms with Crippen LogP contribution in [0.15, 0.2) is 42.5 Å². The number of amides is 2. The van der Waals surface area contributed by atoms with Gasteiger partial charge in [0.15, 0.2) is 11.5 Å². The van der Waals surface area contributed by atoms with Crippen molar-refractivity contribution in [3.63, 3.8) is 0 Å². The van der Waals surface area contributed by atoms with Gasteiger partial charge in [0.2, 0.25) is 12.7 Å². The first-order valence-electron chi connectivity index (χ1n) is 10.5. The molecule has 2 aliphatic rings. The number of benzene rings is 2. The summed E-state index contributed by atoms with van der Waals surface area (Å²) in [5.41, 5.74) is 2.81. The van der Waals surface area contributed by atoms with Gasteiger partial charge in [0.1, 0.15) is 0 Å². The molecule has 30 heavy (non-hydrogen) atoms. The first kappa shape index (κ1) is 20.3. The number of likely N-dealkylation sites (tertiary alicyclic amines) is 1. The minimum atomic E-state index is -0.274. The molecule has 1 fully saturated rings. The maximum Gasteiger partial charge on any atom is 0.254 e. The molecule has 0 unspecified atom stereocenters. The van der Waals surface area contributed by atoms with Gasteiger partial charge in [0, 0.05) is 31.1 Å². The number of ether oxygens (including phenoxy) is 2. The Morgan fingerprint density at radius 1 is 1.07 bits per heavy atom. The van der Waals surface area contributed by atoms with Crippen LogP contribution < -0.4 is 14.8 Å². The fourth-order valence-corrected chi connectivity index (χ4v) is 4.03. The second-order valence-electron chi connectivity index (χ2n) is 8.54. The summed E-state index contributed by atoms with van der Waals surface area (Å²) in [7, 11) is 0. The van der Waals surface area contributed by atoms with Crippen LogP contribution in [0, 0.1) is 18.8 Å². The van der Waals surface area contributed by atoms with Gasteiger partial charge in [-0.2, -0.15) is 0 Å². The highest BCUT2D eigenvalue weighted by Crippen LogP contribution is 2.36. The minimum Gasteiger partial charge on any atom is -0.454 e. The molecule has 6 nitrogen and oxygen atoms in total. The summed E-state index contributed by atoms with van der Waals surface area (Å²) >= 11 is 0. The molecule has 0 saturated carbocycles. The van der Waals surface area contributed by atoms with Gasteiger partial charge in [0.25, 0.3) is 5.91 Å². The molecule has 4 rings (SSSR count). The van der Waals surface area contributed by atoms with Crippen LogP contribution in [0.1, 0.15) is 41.3 Å². The molecule has 2 heterocycles. The number of carbonyl (C=O) groups excluding carboxylic acids is 2. The molecule has 2 atom stereocenters. The molecule has 2 aromatic rings. The van der Waals surface area contributed by atoms with Crippen molar-refractivity contribution >= 4 is 11.8 Å². The van der Waals surface area contributed by atoms with Gasteiger partial charge in [-0.1, -0.05) is 43.7 Å². The maximum absolute atomic E-state index is 13.2. The van der Waals surface area contributed by atoms with Crippen LogP contribution in [-0.2, 0) is 4.79 Å². The van der Waals surface area contributed by atoms with Gasteiger partial charge < -0.3 is 19.7 Å². The van der Waals surface area contributed by atoms with E-state index in [9.17, 15) is 9.59 Å². The predicted molar refractivity (Wildman–Crippen MR) is 114 cm³/mol. The monoisotopic (exact) mass is 408 g/mol. The summed E-state index contributed by atoms with van der Waals surface area (Å²) in [6.45, 7) is 7.90. The molecule has 0 aromatic heterocycles. The third-order valence-corrected chi connectivity index (χ3v) is 5.75. The Balaban J connectivity index is 1.56. The second kappa shape index (κ2) is 8.38. The molecular weight excluding hydrogens is 380 g/mol. The standard InChI is InChI=1S/C24H28N2O4/c1-15(2)11-25-23(27)20-13-26(12-19(20)17-6-4-16(3)5-7-17)24(28)18-8-9-21-22(10-18)30-14-29-21/h4-10,15,19-20H,11-14H2,1-3H3,(H,25,27)/t19-,20-/m1/s1. The number of fused-ring (bicyclic) bond motifs is 1. The first-order chi connectivity index (χ1) is 14.4. The lowest BCUT2D eigenvalue weighted by Gasteiger charge is -2.19. The van der Waals surface area contributed by atoms with Crippen LogP contribution in [0.4, 0.5) is 0 Å². The third-order valence-electron chi connectivity index (χ3n) is 5.75. The minimum absolute atomic E-state index is 0.00950. The zero-order chi connectivity index (χ0) is 21.3. The second-order valence-corrected chi connectivity index (χ2v) is 8.54. The van der Waals surface area contributed by atoms with Gasteiger partial charge in [0.05, 0.1) is 5.92 Å². The summed E-state index contributed by atoms with van der Waals surface area (Å²) < 4.78 is 10.7. The number of carbonyl (C=O) groups is 2. The molecule has 0 radical (unpaired) electrons. The lowest BCUT2D eigenvalue weighted by atomic mass is 9.88. The number of nitrogens with zero attached hydrogens (tertiary/aromatic N) is 1. The number of nitrogens with one attached hydrogen (secondary N) is 1. The smallest absolute Gasteiger partial charge is 0.254 e. The predicted octanol–water partition coefficient (Wildman–Crippen LogP) is 3.35. The highest BCUT2D eigenvalue weighted by Gasteiger charge is 2.40. The van der Waals surface area contributed by atoms with E-state index in [1.54, 1.807) is 23.1 Å². The van der Waals surface area contributed by atoms with E-state index < -0.39 is 0 Å². The number of aryl methyl sites for hydroxylation is 1. The topological polar surface area (TPSA) is 67.9 Å². The van der Waals surface area contributed by atoms with Gasteiger partial charge >= 0.3 is 0 Å². The van der Waals surface area contributed by atoms with Crippen LogP contribution in [0.2, 0.25) is 0 Å². The average molecular weight is 408 g/mol. The Bertz CT molecular complexity index is 939. The van der Waals surface area contributed by atoms with Crippen molar-refractivity contribution in [3.05, 3.63) is 59.2 Å². The van der Waals surface area contributed by atoms with Crippen LogP contribution >= 0.6 is 0 Å². The average Bonchev–Trinajstić information content (AvgIpc) is 3.38. The molecule has 6 heteroatoms. The van der Waals surface area contributed by atoms with Crippen molar-refractivity contribution in [3.8, 4) is 11.5 Å². The molecular formula is C24H28N2O4. The normalized spacial score (nSPS) is 19.9. The largest absolute Gasteiger partial charge is 0.454 e. The zero-order valence-corrected chi connectivity index (χ0v) is 17.7. The van der Waals surface area contributed by atoms with Gasteiger partial charge in [-0.05, 0) is 36.6 Å². The summed E-state index contributed by atoms with van der Waals surface area (Å²) in [5, 5.41) is 3.05. The highest BCUT2D eigenvalue weighted by atomic mass is 16.7. The van der Waals surface area contributed by atoms with Crippen molar-refractivity contribution in [2.45, 2.75) is 26.7 Å². The highest BCUT2D eigenvalue weighted by molar-refractivity contribution is 5.96. The van der Waals surface area contributed by atoms with Crippen LogP contribution in [0.25, 0.3) is 0 Å². The van der Waals surface area contributed by atoms with Crippen molar-refractivity contribution in [2.24, 2.45) is 11.8 Å². The molecule has 0 aliphatic carbocycles. The van der Waals surface area contributed by atoms with E-state index in [0.29, 0.717) is 42.6 Å². The molecule has 1 saturated heterocycles. The Morgan fingerprint density at radius 2 is 1.80 bits per heavy atom. The SMILES string of the molecule is Cc1ccc([C@H]2CN(C(=O)c3ccc4c(c3)OCO4)C[C@H]2C(=O)NCC(C)C)cc1. The fraction of sp³-hybridized carbons (Fsp3) is 0.417.